The molecule has 0 radical (unpaired) electrons. The maximum absolute atomic E-state index is 11.7. The van der Waals surface area contributed by atoms with E-state index in [-0.39, 0.29) is 31.1 Å². The lowest BCUT2D eigenvalue weighted by molar-refractivity contribution is -0.150. The summed E-state index contributed by atoms with van der Waals surface area (Å²) < 4.78 is 10.4. The first-order valence-electron chi connectivity index (χ1n) is 7.58. The second-order valence-corrected chi connectivity index (χ2v) is 6.37. The second kappa shape index (κ2) is 8.77. The van der Waals surface area contributed by atoms with E-state index in [1.165, 1.54) is 0 Å². The third kappa shape index (κ3) is 6.48. The molecule has 1 aromatic carbocycles. The van der Waals surface area contributed by atoms with Gasteiger partial charge in [-0.15, -0.1) is 0 Å². The third-order valence-electron chi connectivity index (χ3n) is 3.07. The van der Waals surface area contributed by atoms with Crippen LogP contribution in [0.3, 0.4) is 0 Å². The molecule has 0 unspecified atom stereocenters. The van der Waals surface area contributed by atoms with Crippen molar-refractivity contribution in [3.8, 4) is 5.75 Å². The fraction of sp³-hybridized carbons (Fsp3) is 0.529. The molecule has 0 heterocycles. The number of benzene rings is 1. The zero-order valence-corrected chi connectivity index (χ0v) is 15.0. The third-order valence-corrected chi connectivity index (χ3v) is 3.48. The van der Waals surface area contributed by atoms with E-state index < -0.39 is 5.97 Å². The van der Waals surface area contributed by atoms with Crippen LogP contribution in [-0.2, 0) is 14.3 Å². The van der Waals surface area contributed by atoms with Crippen molar-refractivity contribution in [2.45, 2.75) is 46.6 Å². The van der Waals surface area contributed by atoms with Gasteiger partial charge in [0.15, 0.2) is 13.2 Å². The molecule has 0 saturated carbocycles. The summed E-state index contributed by atoms with van der Waals surface area (Å²) in [5.74, 6) is -0.119. The van der Waals surface area contributed by atoms with Crippen molar-refractivity contribution < 1.29 is 19.1 Å². The van der Waals surface area contributed by atoms with Crippen LogP contribution in [0.4, 0.5) is 0 Å². The number of carbonyl (C=O) groups excluding carboxylic acids is 2. The van der Waals surface area contributed by atoms with Crippen molar-refractivity contribution in [2.75, 3.05) is 13.2 Å². The highest BCUT2D eigenvalue weighted by Crippen LogP contribution is 2.31. The quantitative estimate of drug-likeness (QED) is 0.773. The Labute approximate surface area is 142 Å². The summed E-state index contributed by atoms with van der Waals surface area (Å²) >= 11 is 6.13. The van der Waals surface area contributed by atoms with E-state index in [4.69, 9.17) is 21.1 Å². The molecule has 23 heavy (non-hydrogen) atoms. The summed E-state index contributed by atoms with van der Waals surface area (Å²) in [5.41, 5.74) is 1.79. The first-order valence-corrected chi connectivity index (χ1v) is 7.96. The van der Waals surface area contributed by atoms with Gasteiger partial charge in [-0.25, -0.2) is 4.79 Å². The number of carbonyl (C=O) groups is 2. The van der Waals surface area contributed by atoms with Crippen LogP contribution in [-0.4, -0.2) is 31.1 Å². The molecule has 0 spiro atoms. The zero-order chi connectivity index (χ0) is 17.6. The fourth-order valence-corrected chi connectivity index (χ4v) is 2.11. The number of hydrogen-bond donors (Lipinski definition) is 1. The number of aryl methyl sites for hydroxylation is 1. The molecule has 0 atom stereocenters. The topological polar surface area (TPSA) is 64.6 Å². The predicted octanol–water partition coefficient (Wildman–Crippen LogP) is 3.22. The number of ether oxygens (including phenoxy) is 2. The van der Waals surface area contributed by atoms with Gasteiger partial charge in [0.05, 0.1) is 0 Å². The molecule has 128 valence electrons. The molecule has 6 heteroatoms. The van der Waals surface area contributed by atoms with Gasteiger partial charge in [0.1, 0.15) is 5.75 Å². The van der Waals surface area contributed by atoms with Crippen molar-refractivity contribution in [1.29, 1.82) is 0 Å². The fourth-order valence-electron chi connectivity index (χ4n) is 1.93. The Morgan fingerprint density at radius 3 is 2.39 bits per heavy atom. The van der Waals surface area contributed by atoms with E-state index >= 15 is 0 Å². The Morgan fingerprint density at radius 1 is 1.17 bits per heavy atom. The van der Waals surface area contributed by atoms with E-state index in [9.17, 15) is 9.59 Å². The Balaban J connectivity index is 2.59. The van der Waals surface area contributed by atoms with Crippen LogP contribution in [0.15, 0.2) is 12.1 Å². The van der Waals surface area contributed by atoms with Crippen LogP contribution in [0.2, 0.25) is 5.02 Å². The molecule has 0 fully saturated rings. The molecule has 0 bridgehead atoms. The van der Waals surface area contributed by atoms with Crippen LogP contribution in [0.1, 0.15) is 44.7 Å². The summed E-state index contributed by atoms with van der Waals surface area (Å²) in [6.45, 7) is 9.00. The Kier molecular flexibility index (Phi) is 7.36. The minimum absolute atomic E-state index is 0.00287. The number of amides is 1. The van der Waals surface area contributed by atoms with E-state index in [1.807, 2.05) is 40.7 Å². The van der Waals surface area contributed by atoms with E-state index in [0.717, 1.165) is 11.1 Å². The highest BCUT2D eigenvalue weighted by molar-refractivity contribution is 6.31. The number of rotatable bonds is 7. The van der Waals surface area contributed by atoms with Crippen molar-refractivity contribution in [1.82, 2.24) is 5.32 Å². The largest absolute Gasteiger partial charge is 0.482 e. The predicted molar refractivity (Wildman–Crippen MR) is 90.0 cm³/mol. The molecule has 5 nitrogen and oxygen atoms in total. The average Bonchev–Trinajstić information content (AvgIpc) is 2.44. The molecule has 0 aliphatic rings. The SMILES string of the molecule is Cc1cc(OCC(=O)OCC(=O)NC(C)C)c(C(C)C)cc1Cl. The highest BCUT2D eigenvalue weighted by Gasteiger charge is 2.14. The van der Waals surface area contributed by atoms with Gasteiger partial charge in [-0.3, -0.25) is 4.79 Å². The summed E-state index contributed by atoms with van der Waals surface area (Å²) in [6.07, 6.45) is 0. The first-order chi connectivity index (χ1) is 10.7. The van der Waals surface area contributed by atoms with Crippen molar-refractivity contribution >= 4 is 23.5 Å². The maximum Gasteiger partial charge on any atom is 0.344 e. The van der Waals surface area contributed by atoms with Gasteiger partial charge in [0, 0.05) is 11.1 Å². The first kappa shape index (κ1) is 19.3. The number of esters is 1. The van der Waals surface area contributed by atoms with Gasteiger partial charge in [0.25, 0.3) is 5.91 Å². The number of halogens is 1. The molecule has 0 aliphatic carbocycles. The van der Waals surface area contributed by atoms with E-state index in [1.54, 1.807) is 6.07 Å². The average molecular weight is 342 g/mol. The Morgan fingerprint density at radius 2 is 1.83 bits per heavy atom. The van der Waals surface area contributed by atoms with Crippen molar-refractivity contribution in [2.24, 2.45) is 0 Å². The molecule has 0 aliphatic heterocycles. The lowest BCUT2D eigenvalue weighted by Crippen LogP contribution is -2.34. The number of hydrogen-bond acceptors (Lipinski definition) is 4. The zero-order valence-electron chi connectivity index (χ0n) is 14.2. The second-order valence-electron chi connectivity index (χ2n) is 5.97. The highest BCUT2D eigenvalue weighted by atomic mass is 35.5. The van der Waals surface area contributed by atoms with Crippen LogP contribution >= 0.6 is 11.6 Å². The monoisotopic (exact) mass is 341 g/mol. The van der Waals surface area contributed by atoms with Gasteiger partial charge >= 0.3 is 5.97 Å². The van der Waals surface area contributed by atoms with E-state index in [2.05, 4.69) is 5.32 Å². The molecular formula is C17H24ClNO4. The smallest absolute Gasteiger partial charge is 0.344 e. The molecular weight excluding hydrogens is 318 g/mol. The van der Waals surface area contributed by atoms with Crippen LogP contribution in [0, 0.1) is 6.92 Å². The lowest BCUT2D eigenvalue weighted by atomic mass is 10.0. The minimum atomic E-state index is -0.591. The van der Waals surface area contributed by atoms with Gasteiger partial charge < -0.3 is 14.8 Å². The Bertz CT molecular complexity index is 570. The lowest BCUT2D eigenvalue weighted by Gasteiger charge is -2.15. The standard InChI is InChI=1S/C17H24ClNO4/c1-10(2)13-7-14(18)12(5)6-15(13)22-9-17(21)23-8-16(20)19-11(3)4/h6-7,10-11H,8-9H2,1-5H3,(H,19,20). The number of nitrogens with one attached hydrogen (secondary N) is 1. The molecule has 0 saturated heterocycles. The van der Waals surface area contributed by atoms with Crippen LogP contribution in [0.5, 0.6) is 5.75 Å². The molecule has 1 aromatic rings. The van der Waals surface area contributed by atoms with Crippen molar-refractivity contribution in [3.05, 3.63) is 28.3 Å². The van der Waals surface area contributed by atoms with Gasteiger partial charge in [-0.05, 0) is 49.9 Å². The van der Waals surface area contributed by atoms with Crippen LogP contribution in [0.25, 0.3) is 0 Å². The van der Waals surface area contributed by atoms with Crippen molar-refractivity contribution in [3.63, 3.8) is 0 Å². The molecule has 1 amide bonds. The van der Waals surface area contributed by atoms with E-state index in [0.29, 0.717) is 10.8 Å². The molecule has 0 aromatic heterocycles. The summed E-state index contributed by atoms with van der Waals surface area (Å²) in [6, 6.07) is 3.65. The minimum Gasteiger partial charge on any atom is -0.482 e. The van der Waals surface area contributed by atoms with Gasteiger partial charge in [0.2, 0.25) is 0 Å². The molecule has 1 rings (SSSR count). The van der Waals surface area contributed by atoms with Gasteiger partial charge in [-0.2, -0.15) is 0 Å². The summed E-state index contributed by atoms with van der Waals surface area (Å²) in [4.78, 5) is 23.1. The Hall–Kier alpha value is -1.75. The summed E-state index contributed by atoms with van der Waals surface area (Å²) in [5, 5.41) is 3.30. The normalized spacial score (nSPS) is 10.8. The summed E-state index contributed by atoms with van der Waals surface area (Å²) in [7, 11) is 0. The molecule has 1 N–H and O–H groups in total. The van der Waals surface area contributed by atoms with Gasteiger partial charge in [-0.1, -0.05) is 25.4 Å². The van der Waals surface area contributed by atoms with Crippen LogP contribution < -0.4 is 10.1 Å². The maximum atomic E-state index is 11.7.